The molecule has 3 nitrogen and oxygen atoms in total. The largest absolute Gasteiger partial charge is 0.492 e. The van der Waals surface area contributed by atoms with E-state index < -0.39 is 43.8 Å². The average molecular weight is 258 g/mol. The maximum atomic E-state index is 13.1. The fraction of sp³-hybridized carbons (Fsp3) is 0.250. The van der Waals surface area contributed by atoms with Gasteiger partial charge in [0.1, 0.15) is 0 Å². The molecule has 90 valence electrons. The van der Waals surface area contributed by atoms with Crippen LogP contribution in [0.15, 0.2) is 4.90 Å². The second kappa shape index (κ2) is 3.93. The zero-order chi connectivity index (χ0) is 12.7. The molecule has 0 aliphatic carbocycles. The number of rotatable bonds is 2. The quantitative estimate of drug-likeness (QED) is 0.350. The molecule has 0 radical (unpaired) electrons. The summed E-state index contributed by atoms with van der Waals surface area (Å²) in [6.45, 7) is 0. The van der Waals surface area contributed by atoms with Crippen molar-refractivity contribution in [2.24, 2.45) is 0 Å². The van der Waals surface area contributed by atoms with Gasteiger partial charge in [-0.3, -0.25) is 0 Å². The first-order valence-corrected chi connectivity index (χ1v) is 5.71. The Kier molecular flexibility index (Phi) is 3.13. The van der Waals surface area contributed by atoms with Gasteiger partial charge in [0.05, 0.1) is 7.11 Å². The lowest BCUT2D eigenvalue weighted by molar-refractivity contribution is 0.328. The van der Waals surface area contributed by atoms with E-state index in [1.54, 1.807) is 0 Å². The standard InChI is InChI=1S/C8H6F4O3S/c1-15-7-5(11)3(9)4(10)6(12)8(7)16(2,13)14/h1-2H3. The second-order valence-corrected chi connectivity index (χ2v) is 4.84. The molecular weight excluding hydrogens is 252 g/mol. The number of ether oxygens (including phenoxy) is 1. The predicted octanol–water partition coefficient (Wildman–Crippen LogP) is 1.66. The highest BCUT2D eigenvalue weighted by molar-refractivity contribution is 7.90. The van der Waals surface area contributed by atoms with Gasteiger partial charge in [-0.2, -0.15) is 4.39 Å². The molecule has 1 aromatic rings. The van der Waals surface area contributed by atoms with Gasteiger partial charge < -0.3 is 4.74 Å². The molecule has 0 fully saturated rings. The fourth-order valence-electron chi connectivity index (χ4n) is 1.10. The van der Waals surface area contributed by atoms with E-state index >= 15 is 0 Å². The normalized spacial score (nSPS) is 11.6. The Labute approximate surface area is 88.6 Å². The number of hydrogen-bond donors (Lipinski definition) is 0. The molecule has 0 spiro atoms. The molecule has 1 aromatic carbocycles. The number of methoxy groups -OCH3 is 1. The van der Waals surface area contributed by atoms with Crippen molar-refractivity contribution in [2.45, 2.75) is 4.90 Å². The van der Waals surface area contributed by atoms with Gasteiger partial charge in [-0.25, -0.2) is 21.6 Å². The van der Waals surface area contributed by atoms with Crippen LogP contribution in [0.4, 0.5) is 17.6 Å². The summed E-state index contributed by atoms with van der Waals surface area (Å²) in [6, 6.07) is 0. The molecule has 0 unspecified atom stereocenters. The van der Waals surface area contributed by atoms with Gasteiger partial charge in [0, 0.05) is 6.26 Å². The smallest absolute Gasteiger partial charge is 0.205 e. The first-order valence-electron chi connectivity index (χ1n) is 3.81. The van der Waals surface area contributed by atoms with Gasteiger partial charge >= 0.3 is 0 Å². The summed E-state index contributed by atoms with van der Waals surface area (Å²) in [4.78, 5) is -1.34. The summed E-state index contributed by atoms with van der Waals surface area (Å²) in [6.07, 6.45) is 0.519. The highest BCUT2D eigenvalue weighted by atomic mass is 32.2. The van der Waals surface area contributed by atoms with Crippen LogP contribution in [0, 0.1) is 23.3 Å². The molecule has 16 heavy (non-hydrogen) atoms. The number of sulfone groups is 1. The third-order valence-electron chi connectivity index (χ3n) is 1.76. The monoisotopic (exact) mass is 258 g/mol. The Morgan fingerprint density at radius 2 is 1.38 bits per heavy atom. The Morgan fingerprint density at radius 3 is 1.75 bits per heavy atom. The lowest BCUT2D eigenvalue weighted by Gasteiger charge is -2.10. The third-order valence-corrected chi connectivity index (χ3v) is 2.86. The van der Waals surface area contributed by atoms with Crippen molar-refractivity contribution < 1.29 is 30.7 Å². The second-order valence-electron chi connectivity index (χ2n) is 2.89. The van der Waals surface area contributed by atoms with Crippen molar-refractivity contribution in [3.63, 3.8) is 0 Å². The van der Waals surface area contributed by atoms with E-state index in [0.29, 0.717) is 6.26 Å². The molecule has 1 rings (SSSR count). The first-order chi connectivity index (χ1) is 7.21. The summed E-state index contributed by atoms with van der Waals surface area (Å²) < 4.78 is 78.1. The van der Waals surface area contributed by atoms with Crippen LogP contribution in [0.3, 0.4) is 0 Å². The SMILES string of the molecule is COc1c(F)c(F)c(F)c(F)c1S(C)(=O)=O. The molecule has 0 aromatic heterocycles. The molecule has 0 heterocycles. The van der Waals surface area contributed by atoms with Crippen LogP contribution >= 0.6 is 0 Å². The third kappa shape index (κ3) is 1.84. The van der Waals surface area contributed by atoms with E-state index in [4.69, 9.17) is 0 Å². The fourth-order valence-corrected chi connectivity index (χ4v) is 2.03. The molecule has 0 bridgehead atoms. The van der Waals surface area contributed by atoms with Gasteiger partial charge in [0.15, 0.2) is 32.1 Å². The van der Waals surface area contributed by atoms with Crippen LogP contribution in [0.5, 0.6) is 5.75 Å². The molecular formula is C8H6F4O3S. The van der Waals surface area contributed by atoms with E-state index in [0.717, 1.165) is 7.11 Å². The molecule has 0 saturated heterocycles. The highest BCUT2D eigenvalue weighted by Gasteiger charge is 2.31. The van der Waals surface area contributed by atoms with E-state index in [-0.39, 0.29) is 0 Å². The molecule has 0 N–H and O–H groups in total. The maximum absolute atomic E-state index is 13.1. The zero-order valence-corrected chi connectivity index (χ0v) is 8.96. The van der Waals surface area contributed by atoms with Gasteiger partial charge in [0.25, 0.3) is 0 Å². The highest BCUT2D eigenvalue weighted by Crippen LogP contribution is 2.33. The minimum absolute atomic E-state index is 0.519. The van der Waals surface area contributed by atoms with Crippen molar-refractivity contribution in [1.29, 1.82) is 0 Å². The van der Waals surface area contributed by atoms with Crippen molar-refractivity contribution in [2.75, 3.05) is 13.4 Å². The van der Waals surface area contributed by atoms with E-state index in [1.807, 2.05) is 0 Å². The summed E-state index contributed by atoms with van der Waals surface area (Å²) in [5.74, 6) is -9.39. The topological polar surface area (TPSA) is 43.4 Å². The summed E-state index contributed by atoms with van der Waals surface area (Å²) in [5, 5.41) is 0. The minimum atomic E-state index is -4.28. The van der Waals surface area contributed by atoms with Gasteiger partial charge in [-0.15, -0.1) is 0 Å². The summed E-state index contributed by atoms with van der Waals surface area (Å²) in [7, 11) is -3.48. The zero-order valence-electron chi connectivity index (χ0n) is 8.14. The summed E-state index contributed by atoms with van der Waals surface area (Å²) in [5.41, 5.74) is 0. The minimum Gasteiger partial charge on any atom is -0.492 e. The van der Waals surface area contributed by atoms with Gasteiger partial charge in [-0.05, 0) is 0 Å². The lowest BCUT2D eigenvalue weighted by atomic mass is 10.3. The molecule has 0 aliphatic rings. The van der Waals surface area contributed by atoms with Gasteiger partial charge in [0.2, 0.25) is 11.6 Å². The molecule has 8 heteroatoms. The number of halogens is 4. The van der Waals surface area contributed by atoms with Crippen LogP contribution in [0.25, 0.3) is 0 Å². The number of hydrogen-bond acceptors (Lipinski definition) is 3. The Balaban J connectivity index is 3.87. The maximum Gasteiger partial charge on any atom is 0.205 e. The van der Waals surface area contributed by atoms with Crippen LogP contribution in [0.2, 0.25) is 0 Å². The summed E-state index contributed by atoms with van der Waals surface area (Å²) >= 11 is 0. The molecule has 0 saturated carbocycles. The van der Waals surface area contributed by atoms with Crippen LogP contribution < -0.4 is 4.74 Å². The van der Waals surface area contributed by atoms with Crippen molar-refractivity contribution >= 4 is 9.84 Å². The molecule has 0 aliphatic heterocycles. The number of benzene rings is 1. The Bertz CT molecular complexity index is 539. The van der Waals surface area contributed by atoms with Crippen LogP contribution in [-0.2, 0) is 9.84 Å². The molecule has 0 atom stereocenters. The Morgan fingerprint density at radius 1 is 0.938 bits per heavy atom. The van der Waals surface area contributed by atoms with Crippen molar-refractivity contribution in [3.05, 3.63) is 23.3 Å². The van der Waals surface area contributed by atoms with Crippen LogP contribution in [0.1, 0.15) is 0 Å². The van der Waals surface area contributed by atoms with E-state index in [9.17, 15) is 26.0 Å². The van der Waals surface area contributed by atoms with Gasteiger partial charge in [-0.1, -0.05) is 0 Å². The predicted molar refractivity (Wildman–Crippen MR) is 45.9 cm³/mol. The van der Waals surface area contributed by atoms with E-state index in [2.05, 4.69) is 4.74 Å². The van der Waals surface area contributed by atoms with Crippen molar-refractivity contribution in [1.82, 2.24) is 0 Å². The average Bonchev–Trinajstić information content (AvgIpc) is 2.18. The molecule has 0 amide bonds. The lowest BCUT2D eigenvalue weighted by Crippen LogP contribution is -2.10. The first kappa shape index (κ1) is 12.8. The van der Waals surface area contributed by atoms with Crippen molar-refractivity contribution in [3.8, 4) is 5.75 Å². The van der Waals surface area contributed by atoms with Crippen LogP contribution in [-0.4, -0.2) is 21.8 Å². The van der Waals surface area contributed by atoms with E-state index in [1.165, 1.54) is 0 Å². The Hall–Kier alpha value is -1.31.